The fraction of sp³-hybridized carbons (Fsp3) is 0.323. The predicted molar refractivity (Wildman–Crippen MR) is 150 cm³/mol. The quantitative estimate of drug-likeness (QED) is 0.476. The molecule has 5 rings (SSSR count). The lowest BCUT2D eigenvalue weighted by Gasteiger charge is -2.54. The number of urea groups is 2. The molecule has 2 aliphatic rings. The Balaban J connectivity index is 1.46. The van der Waals surface area contributed by atoms with Gasteiger partial charge in [0, 0.05) is 20.1 Å². The molecule has 1 N–H and O–H groups in total. The van der Waals surface area contributed by atoms with Gasteiger partial charge in [-0.05, 0) is 61.6 Å². The normalized spacial score (nSPS) is 20.3. The van der Waals surface area contributed by atoms with Gasteiger partial charge in [-0.1, -0.05) is 60.7 Å². The minimum atomic E-state index is -1.15. The Morgan fingerprint density at radius 2 is 1.44 bits per heavy atom. The Bertz CT molecular complexity index is 1290. The number of carbonyl (C=O) groups is 3. The minimum absolute atomic E-state index is 0.159. The zero-order valence-electron chi connectivity index (χ0n) is 22.3. The van der Waals surface area contributed by atoms with E-state index in [-0.39, 0.29) is 18.6 Å². The molecule has 2 heterocycles. The van der Waals surface area contributed by atoms with Crippen molar-refractivity contribution in [1.82, 2.24) is 14.7 Å². The molecule has 8 nitrogen and oxygen atoms in total. The molecule has 0 radical (unpaired) electrons. The number of likely N-dealkylation sites (tertiary alicyclic amines) is 1. The average molecular weight is 527 g/mol. The van der Waals surface area contributed by atoms with E-state index in [4.69, 9.17) is 0 Å². The van der Waals surface area contributed by atoms with Crippen LogP contribution in [0.1, 0.15) is 30.4 Å². The maximum absolute atomic E-state index is 14.2. The lowest BCUT2D eigenvalue weighted by atomic mass is 9.86. The smallest absolute Gasteiger partial charge is 0.329 e. The molecule has 0 spiro atoms. The van der Waals surface area contributed by atoms with Crippen LogP contribution in [0.4, 0.5) is 21.0 Å². The van der Waals surface area contributed by atoms with E-state index in [1.807, 2.05) is 91.9 Å². The molecule has 3 aromatic carbocycles. The van der Waals surface area contributed by atoms with Crippen molar-refractivity contribution >= 4 is 29.4 Å². The SMILES string of the molecule is Cc1ccccc1CN(C)C(=O)N1[C@H]2CCC[C@@H]1[C@@H](C(=O)O)N(C(=O)N(c1ccccc1)c1ccccc1)C2. The Hall–Kier alpha value is -4.33. The molecule has 3 aromatic rings. The molecular weight excluding hydrogens is 492 g/mol. The van der Waals surface area contributed by atoms with Gasteiger partial charge in [0.05, 0.1) is 23.5 Å². The van der Waals surface area contributed by atoms with Gasteiger partial charge in [0.1, 0.15) is 0 Å². The van der Waals surface area contributed by atoms with E-state index in [1.165, 1.54) is 4.90 Å². The van der Waals surface area contributed by atoms with Gasteiger partial charge < -0.3 is 19.8 Å². The summed E-state index contributed by atoms with van der Waals surface area (Å²) in [7, 11) is 1.75. The van der Waals surface area contributed by atoms with E-state index in [0.717, 1.165) is 17.5 Å². The third-order valence-corrected chi connectivity index (χ3v) is 7.83. The predicted octanol–water partition coefficient (Wildman–Crippen LogP) is 5.50. The number of piperazine rings is 1. The molecule has 8 heteroatoms. The number of para-hydroxylation sites is 2. The number of benzene rings is 3. The second kappa shape index (κ2) is 11.2. The molecule has 4 amide bonds. The summed E-state index contributed by atoms with van der Waals surface area (Å²) in [5.41, 5.74) is 3.44. The fourth-order valence-corrected chi connectivity index (χ4v) is 5.90. The highest BCUT2D eigenvalue weighted by Crippen LogP contribution is 2.36. The lowest BCUT2D eigenvalue weighted by molar-refractivity contribution is -0.148. The van der Waals surface area contributed by atoms with Crippen molar-refractivity contribution in [3.8, 4) is 0 Å². The van der Waals surface area contributed by atoms with Crippen LogP contribution in [-0.4, -0.2) is 69.6 Å². The van der Waals surface area contributed by atoms with E-state index in [9.17, 15) is 19.5 Å². The molecule has 0 aromatic heterocycles. The highest BCUT2D eigenvalue weighted by atomic mass is 16.4. The van der Waals surface area contributed by atoms with Gasteiger partial charge in [-0.2, -0.15) is 0 Å². The van der Waals surface area contributed by atoms with Gasteiger partial charge in [-0.25, -0.2) is 14.4 Å². The molecule has 2 saturated heterocycles. The van der Waals surface area contributed by atoms with E-state index in [0.29, 0.717) is 30.8 Å². The van der Waals surface area contributed by atoms with Gasteiger partial charge in [-0.15, -0.1) is 0 Å². The minimum Gasteiger partial charge on any atom is -0.480 e. The van der Waals surface area contributed by atoms with E-state index in [1.54, 1.807) is 21.7 Å². The highest BCUT2D eigenvalue weighted by molar-refractivity contribution is 6.01. The van der Waals surface area contributed by atoms with Crippen LogP contribution >= 0.6 is 0 Å². The third-order valence-electron chi connectivity index (χ3n) is 7.83. The van der Waals surface area contributed by atoms with Crippen LogP contribution in [0.2, 0.25) is 0 Å². The van der Waals surface area contributed by atoms with Gasteiger partial charge in [0.15, 0.2) is 6.04 Å². The largest absolute Gasteiger partial charge is 0.480 e. The van der Waals surface area contributed by atoms with Crippen LogP contribution in [0.5, 0.6) is 0 Å². The number of aliphatic carboxylic acids is 1. The number of nitrogens with zero attached hydrogens (tertiary/aromatic N) is 4. The first kappa shape index (κ1) is 26.3. The average Bonchev–Trinajstić information content (AvgIpc) is 2.94. The van der Waals surface area contributed by atoms with E-state index >= 15 is 0 Å². The van der Waals surface area contributed by atoms with Gasteiger partial charge in [-0.3, -0.25) is 4.90 Å². The van der Waals surface area contributed by atoms with Crippen LogP contribution in [0.3, 0.4) is 0 Å². The van der Waals surface area contributed by atoms with Crippen LogP contribution in [0, 0.1) is 6.92 Å². The molecule has 39 heavy (non-hydrogen) atoms. The number of rotatable bonds is 5. The number of carboxylic acids is 1. The van der Waals surface area contributed by atoms with Gasteiger partial charge in [0.25, 0.3) is 0 Å². The number of hydrogen-bond acceptors (Lipinski definition) is 3. The van der Waals surface area contributed by atoms with Crippen LogP contribution in [0.15, 0.2) is 84.9 Å². The maximum atomic E-state index is 14.2. The van der Waals surface area contributed by atoms with Crippen molar-refractivity contribution < 1.29 is 19.5 Å². The number of amides is 4. The second-order valence-corrected chi connectivity index (χ2v) is 10.3. The zero-order valence-corrected chi connectivity index (χ0v) is 22.3. The number of piperidine rings is 1. The molecule has 3 atom stereocenters. The fourth-order valence-electron chi connectivity index (χ4n) is 5.90. The van der Waals surface area contributed by atoms with Gasteiger partial charge >= 0.3 is 18.0 Å². The number of aryl methyl sites for hydroxylation is 1. The monoisotopic (exact) mass is 526 g/mol. The van der Waals surface area contributed by atoms with E-state index in [2.05, 4.69) is 0 Å². The van der Waals surface area contributed by atoms with Crippen molar-refractivity contribution in [3.63, 3.8) is 0 Å². The number of fused-ring (bicyclic) bond motifs is 2. The first-order chi connectivity index (χ1) is 18.9. The number of carbonyl (C=O) groups excluding carboxylic acids is 2. The summed E-state index contributed by atoms with van der Waals surface area (Å²) in [4.78, 5) is 47.2. The summed E-state index contributed by atoms with van der Waals surface area (Å²) in [6.07, 6.45) is 2.05. The molecular formula is C31H34N4O4. The zero-order chi connectivity index (χ0) is 27.5. The van der Waals surface area contributed by atoms with E-state index < -0.39 is 24.1 Å². The Labute approximate surface area is 229 Å². The number of carboxylic acid groups (broad SMARTS) is 1. The molecule has 0 aliphatic carbocycles. The Kier molecular flexibility index (Phi) is 7.54. The van der Waals surface area contributed by atoms with Crippen molar-refractivity contribution in [2.24, 2.45) is 0 Å². The van der Waals surface area contributed by atoms with Crippen molar-refractivity contribution in [3.05, 3.63) is 96.1 Å². The first-order valence-electron chi connectivity index (χ1n) is 13.4. The van der Waals surface area contributed by atoms with Crippen LogP contribution in [0.25, 0.3) is 0 Å². The maximum Gasteiger partial charge on any atom is 0.329 e. The molecule has 2 aliphatic heterocycles. The summed E-state index contributed by atoms with van der Waals surface area (Å²) < 4.78 is 0. The van der Waals surface area contributed by atoms with Crippen LogP contribution in [-0.2, 0) is 11.3 Å². The van der Waals surface area contributed by atoms with Crippen molar-refractivity contribution in [2.45, 2.75) is 50.9 Å². The molecule has 202 valence electrons. The Morgan fingerprint density at radius 1 is 0.846 bits per heavy atom. The Morgan fingerprint density at radius 3 is 2.03 bits per heavy atom. The summed E-state index contributed by atoms with van der Waals surface area (Å²) in [6.45, 7) is 2.60. The van der Waals surface area contributed by atoms with Crippen molar-refractivity contribution in [2.75, 3.05) is 18.5 Å². The number of hydrogen-bond donors (Lipinski definition) is 1. The summed E-state index contributed by atoms with van der Waals surface area (Å²) in [5.74, 6) is -1.10. The van der Waals surface area contributed by atoms with Gasteiger partial charge in [0.2, 0.25) is 0 Å². The molecule has 2 fully saturated rings. The summed E-state index contributed by atoms with van der Waals surface area (Å²) in [5, 5.41) is 10.4. The topological polar surface area (TPSA) is 84.4 Å². The highest BCUT2D eigenvalue weighted by Gasteiger charge is 2.52. The summed E-state index contributed by atoms with van der Waals surface area (Å²) >= 11 is 0. The third kappa shape index (κ3) is 5.19. The van der Waals surface area contributed by atoms with Crippen LogP contribution < -0.4 is 4.90 Å². The van der Waals surface area contributed by atoms with Crippen molar-refractivity contribution in [1.29, 1.82) is 0 Å². The lowest BCUT2D eigenvalue weighted by Crippen LogP contribution is -2.72. The second-order valence-electron chi connectivity index (χ2n) is 10.3. The molecule has 2 bridgehead atoms. The first-order valence-corrected chi connectivity index (χ1v) is 13.4. The summed E-state index contributed by atoms with van der Waals surface area (Å²) in [6, 6.07) is 23.8. The number of anilines is 2. The standard InChI is InChI=1S/C31H34N4O4/c1-22-12-9-10-13-23(22)20-32(2)30(38)35-26-18-11-19-27(35)28(29(36)37)33(21-26)31(39)34(24-14-5-3-6-15-24)25-16-7-4-8-17-25/h3-10,12-17,26-28H,11,18-21H2,1-2H3,(H,36,37)/t26-,27+,28-/m0/s1. The molecule has 0 unspecified atom stereocenters. The molecule has 0 saturated carbocycles.